The number of aliphatic carboxylic acids is 1. The minimum Gasteiger partial charge on any atom is -0.480 e. The summed E-state index contributed by atoms with van der Waals surface area (Å²) in [5, 5.41) is 11.9. The lowest BCUT2D eigenvalue weighted by atomic mass is 9.90. The van der Waals surface area contributed by atoms with E-state index in [4.69, 9.17) is 14.2 Å². The molecule has 7 rings (SSSR count). The number of hydrogen-bond donors (Lipinski definition) is 1. The van der Waals surface area contributed by atoms with Crippen molar-refractivity contribution in [3.8, 4) is 28.4 Å². The molecule has 0 aromatic carbocycles. The Morgan fingerprint density at radius 2 is 1.96 bits per heavy atom. The molecule has 3 aliphatic heterocycles. The van der Waals surface area contributed by atoms with Crippen molar-refractivity contribution in [3.05, 3.63) is 65.4 Å². The number of thiophene rings is 1. The van der Waals surface area contributed by atoms with Crippen molar-refractivity contribution < 1.29 is 32.9 Å². The summed E-state index contributed by atoms with van der Waals surface area (Å²) in [7, 11) is 0. The van der Waals surface area contributed by atoms with E-state index < -0.39 is 36.0 Å². The summed E-state index contributed by atoms with van der Waals surface area (Å²) in [4.78, 5) is 41.4. The van der Waals surface area contributed by atoms with Gasteiger partial charge in [0.05, 0.1) is 42.8 Å². The number of anilines is 2. The van der Waals surface area contributed by atoms with Crippen LogP contribution in [0, 0.1) is 11.8 Å². The highest BCUT2D eigenvalue weighted by molar-refractivity contribution is 7.13. The standard InChI is InChI=1S/C31H28F2N8O5S/c1-18-31(15-44-16-31)45-7-6-40(18)22-9-19(4-5-20-11-34-17-35-12-20)13-36-28(22)46-21-10-23(29(42)43)41(14-21)30-38-26(24-3-2-8-47-24)37-27(39-30)25(32)33/h2-3,8-9,11-13,17-18,21,23,25H,6-7,10,14-16H2,1H3,(H,42,43)/t18-,21-,23-/m0/s1. The highest BCUT2D eigenvalue weighted by Gasteiger charge is 2.50. The lowest BCUT2D eigenvalue weighted by molar-refractivity contribution is -0.228. The molecule has 3 saturated heterocycles. The highest BCUT2D eigenvalue weighted by atomic mass is 32.1. The van der Waals surface area contributed by atoms with E-state index in [9.17, 15) is 18.7 Å². The van der Waals surface area contributed by atoms with Gasteiger partial charge in [-0.15, -0.1) is 11.3 Å². The van der Waals surface area contributed by atoms with Crippen molar-refractivity contribution in [2.75, 3.05) is 42.7 Å². The molecule has 3 fully saturated rings. The molecule has 4 aromatic rings. The first-order chi connectivity index (χ1) is 22.8. The van der Waals surface area contributed by atoms with Crippen LogP contribution in [0.5, 0.6) is 5.88 Å². The summed E-state index contributed by atoms with van der Waals surface area (Å²) in [5.74, 6) is 4.42. The number of rotatable bonds is 7. The maximum Gasteiger partial charge on any atom is 0.326 e. The zero-order valence-corrected chi connectivity index (χ0v) is 25.8. The smallest absolute Gasteiger partial charge is 0.326 e. The van der Waals surface area contributed by atoms with Crippen LogP contribution in [0.25, 0.3) is 10.7 Å². The molecule has 242 valence electrons. The Labute approximate surface area is 271 Å². The summed E-state index contributed by atoms with van der Waals surface area (Å²) >= 11 is 1.28. The van der Waals surface area contributed by atoms with Gasteiger partial charge in [-0.25, -0.2) is 33.5 Å². The minimum absolute atomic E-state index is 0.0145. The van der Waals surface area contributed by atoms with Crippen LogP contribution in [0.1, 0.15) is 36.7 Å². The molecular formula is C31H28F2N8O5S. The fourth-order valence-electron chi connectivity index (χ4n) is 5.83. The highest BCUT2D eigenvalue weighted by Crippen LogP contribution is 2.39. The number of morpholine rings is 1. The Morgan fingerprint density at radius 1 is 1.15 bits per heavy atom. The molecule has 47 heavy (non-hydrogen) atoms. The third kappa shape index (κ3) is 6.16. The van der Waals surface area contributed by atoms with Gasteiger partial charge in [0.25, 0.3) is 6.43 Å². The first-order valence-electron chi connectivity index (χ1n) is 14.8. The van der Waals surface area contributed by atoms with Crippen LogP contribution >= 0.6 is 11.3 Å². The molecule has 1 spiro atoms. The molecule has 0 saturated carbocycles. The van der Waals surface area contributed by atoms with Gasteiger partial charge in [0.1, 0.15) is 29.8 Å². The fraction of sp³-hybridized carbons (Fsp3) is 0.387. The van der Waals surface area contributed by atoms with Gasteiger partial charge in [0.2, 0.25) is 17.7 Å². The lowest BCUT2D eigenvalue weighted by Gasteiger charge is -2.53. The van der Waals surface area contributed by atoms with Gasteiger partial charge in [-0.1, -0.05) is 17.9 Å². The largest absolute Gasteiger partial charge is 0.480 e. The number of carboxylic acids is 1. The number of pyridine rings is 1. The second-order valence-electron chi connectivity index (χ2n) is 11.3. The molecule has 7 heterocycles. The molecule has 0 bridgehead atoms. The molecular weight excluding hydrogens is 634 g/mol. The Morgan fingerprint density at radius 3 is 2.66 bits per heavy atom. The van der Waals surface area contributed by atoms with E-state index in [-0.39, 0.29) is 36.7 Å². The van der Waals surface area contributed by atoms with Crippen LogP contribution in [-0.2, 0) is 14.3 Å². The maximum absolute atomic E-state index is 13.8. The van der Waals surface area contributed by atoms with Crippen molar-refractivity contribution >= 4 is 28.9 Å². The summed E-state index contributed by atoms with van der Waals surface area (Å²) in [6.45, 7) is 3.99. The quantitative estimate of drug-likeness (QED) is 0.289. The van der Waals surface area contributed by atoms with E-state index in [0.717, 1.165) is 0 Å². The Bertz CT molecular complexity index is 1820. The van der Waals surface area contributed by atoms with E-state index in [1.165, 1.54) is 22.6 Å². The van der Waals surface area contributed by atoms with E-state index in [2.05, 4.69) is 53.6 Å². The zero-order valence-electron chi connectivity index (χ0n) is 25.0. The summed E-state index contributed by atoms with van der Waals surface area (Å²) in [6, 6.07) is 4.09. The molecule has 3 aliphatic rings. The third-order valence-corrected chi connectivity index (χ3v) is 9.22. The predicted molar refractivity (Wildman–Crippen MR) is 164 cm³/mol. The predicted octanol–water partition coefficient (Wildman–Crippen LogP) is 3.23. The number of alkyl halides is 2. The van der Waals surface area contributed by atoms with Crippen molar-refractivity contribution in [2.24, 2.45) is 0 Å². The van der Waals surface area contributed by atoms with Gasteiger partial charge in [-0.3, -0.25) is 0 Å². The monoisotopic (exact) mass is 662 g/mol. The summed E-state index contributed by atoms with van der Waals surface area (Å²) in [5.41, 5.74) is 1.45. The first-order valence-corrected chi connectivity index (χ1v) is 15.7. The van der Waals surface area contributed by atoms with E-state index in [1.54, 1.807) is 36.1 Å². The number of halogens is 2. The molecule has 4 aromatic heterocycles. The summed E-state index contributed by atoms with van der Waals surface area (Å²) in [6.07, 6.45) is 2.61. The zero-order chi connectivity index (χ0) is 32.5. The van der Waals surface area contributed by atoms with Crippen LogP contribution in [-0.4, -0.2) is 97.7 Å². The molecule has 13 nitrogen and oxygen atoms in total. The van der Waals surface area contributed by atoms with Crippen LogP contribution in [0.15, 0.2) is 48.5 Å². The summed E-state index contributed by atoms with van der Waals surface area (Å²) < 4.78 is 45.8. The first kappa shape index (κ1) is 30.8. The Kier molecular flexibility index (Phi) is 8.35. The second kappa shape index (κ2) is 12.7. The average molecular weight is 663 g/mol. The molecule has 0 aliphatic carbocycles. The SMILES string of the molecule is C[C@@H]1N(c2cc(C#Cc3cncnc3)cnc2O[C@H]2C[C@@H](C(=O)O)N(c3nc(-c4cccs4)nc(C(F)F)n3)C2)CCOC12COC2. The average Bonchev–Trinajstić information content (AvgIpc) is 3.75. The van der Waals surface area contributed by atoms with E-state index in [1.807, 2.05) is 6.07 Å². The topological polar surface area (TPSA) is 149 Å². The van der Waals surface area contributed by atoms with Crippen molar-refractivity contribution in [3.63, 3.8) is 0 Å². The van der Waals surface area contributed by atoms with E-state index in [0.29, 0.717) is 48.1 Å². The fourth-order valence-corrected chi connectivity index (χ4v) is 6.49. The van der Waals surface area contributed by atoms with Gasteiger partial charge < -0.3 is 29.1 Å². The van der Waals surface area contributed by atoms with Gasteiger partial charge >= 0.3 is 5.97 Å². The Hall–Kier alpha value is -4.85. The number of carboxylic acid groups (broad SMARTS) is 1. The van der Waals surface area contributed by atoms with Gasteiger partial charge in [0, 0.05) is 37.1 Å². The molecule has 0 radical (unpaired) electrons. The normalized spacial score (nSPS) is 21.7. The van der Waals surface area contributed by atoms with Crippen LogP contribution in [0.3, 0.4) is 0 Å². The number of aromatic nitrogens is 6. The van der Waals surface area contributed by atoms with Crippen LogP contribution in [0.2, 0.25) is 0 Å². The van der Waals surface area contributed by atoms with Gasteiger partial charge in [-0.05, 0) is 24.4 Å². The van der Waals surface area contributed by atoms with Crippen LogP contribution < -0.4 is 14.5 Å². The second-order valence-corrected chi connectivity index (χ2v) is 12.2. The Balaban J connectivity index is 1.21. The van der Waals surface area contributed by atoms with Crippen molar-refractivity contribution in [1.82, 2.24) is 29.9 Å². The number of nitrogens with zero attached hydrogens (tertiary/aromatic N) is 8. The molecule has 16 heteroatoms. The number of ether oxygens (including phenoxy) is 3. The van der Waals surface area contributed by atoms with Gasteiger partial charge in [-0.2, -0.15) is 9.97 Å². The lowest BCUT2D eigenvalue weighted by Crippen LogP contribution is -2.68. The van der Waals surface area contributed by atoms with Crippen molar-refractivity contribution in [2.45, 2.75) is 43.6 Å². The molecule has 1 N–H and O–H groups in total. The molecule has 0 unspecified atom stereocenters. The maximum atomic E-state index is 13.8. The molecule has 3 atom stereocenters. The number of carbonyl (C=O) groups is 1. The third-order valence-electron chi connectivity index (χ3n) is 8.36. The van der Waals surface area contributed by atoms with E-state index >= 15 is 0 Å². The van der Waals surface area contributed by atoms with Crippen LogP contribution in [0.4, 0.5) is 20.4 Å². The minimum atomic E-state index is -2.98. The number of hydrogen-bond acceptors (Lipinski definition) is 13. The molecule has 0 amide bonds. The van der Waals surface area contributed by atoms with Gasteiger partial charge in [0.15, 0.2) is 5.82 Å². The van der Waals surface area contributed by atoms with Crippen molar-refractivity contribution in [1.29, 1.82) is 0 Å².